The number of hydrogen-bond donors (Lipinski definition) is 0. The minimum Gasteiger partial charge on any atom is -0.456 e. The second kappa shape index (κ2) is 37.9. The molecule has 138 heavy (non-hydrogen) atoms. The van der Waals surface area contributed by atoms with Crippen LogP contribution in [-0.4, -0.2) is 133 Å². The fourth-order valence-corrected chi connectivity index (χ4v) is 15.8. The number of nitrogens with zero attached hydrogens (tertiary/aromatic N) is 8. The average molecular weight is 1930 g/mol. The number of furan rings is 5. The lowest BCUT2D eigenvalue weighted by atomic mass is 9.90. The van der Waals surface area contributed by atoms with Crippen LogP contribution in [0.3, 0.4) is 0 Å². The van der Waals surface area contributed by atoms with Crippen molar-refractivity contribution in [1.82, 2.24) is 39.9 Å². The predicted molar refractivity (Wildman–Crippen MR) is 481 cm³/mol. The summed E-state index contributed by atoms with van der Waals surface area (Å²) in [6.45, 7) is 11.3. The van der Waals surface area contributed by atoms with Crippen molar-refractivity contribution in [1.29, 1.82) is 0 Å². The van der Waals surface area contributed by atoms with Gasteiger partial charge in [0.05, 0.1) is 61.8 Å². The second-order valence-electron chi connectivity index (χ2n) is 30.8. The molecule has 0 fully saturated rings. The first-order chi connectivity index (χ1) is 66.3. The first-order valence-corrected chi connectivity index (χ1v) is 42.6. The SMILES string of the molecule is CC(=O)CCn1cc(-c2cccc(OC(=O)c3c(C)oc4c3C(=O)c3ncccc3C4=O)c2)nn1.Cc1cccc(OC(=O)c2c(C)oc3c2C(=O)c2ncccc2C3=O)c1.Cc1oc2c(c1C(=O)Oc1ccc(Br)cc1)C(=O)c1ncccc1C2=O.Cc1oc2c(c1C(=O)Oc1ccc(Cl)cc1)C(=O)c1ncccc1C2=O.Cc1oc2c(c1C(=O)Oc1ccccc1)C(=O)c1ncccc1C2=O. The van der Waals surface area contributed by atoms with Gasteiger partial charge in [-0.3, -0.25) is 82.3 Å². The molecule has 680 valence electrons. The van der Waals surface area contributed by atoms with E-state index in [9.17, 15) is 76.7 Å². The number of aromatic nitrogens is 8. The molecule has 5 aliphatic rings. The predicted octanol–water partition coefficient (Wildman–Crippen LogP) is 16.9. The van der Waals surface area contributed by atoms with Gasteiger partial charge in [-0.25, -0.2) is 24.0 Å². The highest BCUT2D eigenvalue weighted by atomic mass is 79.9. The Balaban J connectivity index is 0.000000120. The van der Waals surface area contributed by atoms with Gasteiger partial charge in [0, 0.05) is 59.0 Å². The number of rotatable bonds is 14. The van der Waals surface area contributed by atoms with E-state index in [1.54, 1.807) is 150 Å². The molecule has 0 bridgehead atoms. The van der Waals surface area contributed by atoms with E-state index in [2.05, 4.69) is 51.2 Å². The number of ketones is 11. The molecule has 0 amide bonds. The number of benzene rings is 5. The maximum atomic E-state index is 13.1. The summed E-state index contributed by atoms with van der Waals surface area (Å²) in [4.78, 5) is 222. The molecule has 0 saturated carbocycles. The Morgan fingerprint density at radius 3 is 0.942 bits per heavy atom. The Hall–Kier alpha value is -18.1. The van der Waals surface area contributed by atoms with Crippen LogP contribution in [0.15, 0.2) is 252 Å². The molecule has 36 heteroatoms. The summed E-state index contributed by atoms with van der Waals surface area (Å²) in [6.07, 6.45) is 9.11. The van der Waals surface area contributed by atoms with E-state index in [0.29, 0.717) is 46.5 Å². The fourth-order valence-electron chi connectivity index (χ4n) is 15.4. The summed E-state index contributed by atoms with van der Waals surface area (Å²) in [5, 5.41) is 8.60. The quantitative estimate of drug-likeness (QED) is 0.0720. The maximum absolute atomic E-state index is 13.1. The van der Waals surface area contributed by atoms with Crippen molar-refractivity contribution in [2.24, 2.45) is 0 Å². The van der Waals surface area contributed by atoms with E-state index in [0.717, 1.165) is 10.0 Å². The number of fused-ring (bicyclic) bond motifs is 10. The molecular weight excluding hydrogens is 1870 g/mol. The summed E-state index contributed by atoms with van der Waals surface area (Å²) in [5.74, 6) is -7.70. The molecule has 16 aromatic rings. The maximum Gasteiger partial charge on any atom is 0.347 e. The molecule has 0 aliphatic heterocycles. The van der Waals surface area contributed by atoms with Crippen LogP contribution in [0.2, 0.25) is 5.02 Å². The zero-order chi connectivity index (χ0) is 97.5. The number of pyridine rings is 5. The molecule has 5 aromatic carbocycles. The van der Waals surface area contributed by atoms with Crippen LogP contribution in [0.4, 0.5) is 0 Å². The van der Waals surface area contributed by atoms with Crippen LogP contribution in [-0.2, 0) is 11.3 Å². The van der Waals surface area contributed by atoms with Gasteiger partial charge in [-0.05, 0) is 200 Å². The van der Waals surface area contributed by atoms with Crippen LogP contribution < -0.4 is 23.7 Å². The molecule has 0 atom stereocenters. The zero-order valence-corrected chi connectivity index (χ0v) is 75.1. The number of para-hydroxylation sites is 1. The summed E-state index contributed by atoms with van der Waals surface area (Å²) in [7, 11) is 0. The summed E-state index contributed by atoms with van der Waals surface area (Å²) in [6, 6.07) is 50.2. The van der Waals surface area contributed by atoms with E-state index < -0.39 is 87.7 Å². The normalized spacial score (nSPS) is 12.5. The van der Waals surface area contributed by atoms with Gasteiger partial charge >= 0.3 is 29.8 Å². The minimum atomic E-state index is -0.838. The van der Waals surface area contributed by atoms with Crippen molar-refractivity contribution in [2.45, 2.75) is 61.4 Å². The Morgan fingerprint density at radius 1 is 0.333 bits per heavy atom. The molecule has 11 aromatic heterocycles. The Morgan fingerprint density at radius 2 is 0.623 bits per heavy atom. The monoisotopic (exact) mass is 1930 g/mol. The highest BCUT2D eigenvalue weighted by molar-refractivity contribution is 9.10. The topological polar surface area (TPSA) is 480 Å². The van der Waals surface area contributed by atoms with Gasteiger partial charge < -0.3 is 45.8 Å². The van der Waals surface area contributed by atoms with Gasteiger partial charge in [-0.2, -0.15) is 0 Å². The summed E-state index contributed by atoms with van der Waals surface area (Å²) in [5.41, 5.74) is 1.96. The molecule has 21 rings (SSSR count). The number of carbonyl (C=O) groups excluding carboxylic acids is 16. The van der Waals surface area contributed by atoms with Crippen LogP contribution in [0.5, 0.6) is 28.7 Å². The first-order valence-electron chi connectivity index (χ1n) is 41.4. The van der Waals surface area contributed by atoms with E-state index in [4.69, 9.17) is 57.4 Å². The third-order valence-corrected chi connectivity index (χ3v) is 22.5. The lowest BCUT2D eigenvalue weighted by molar-refractivity contribution is -0.117. The molecule has 0 spiro atoms. The van der Waals surface area contributed by atoms with Crippen LogP contribution in [0.1, 0.15) is 260 Å². The van der Waals surface area contributed by atoms with Gasteiger partial charge in [0.25, 0.3) is 0 Å². The molecule has 34 nitrogen and oxygen atoms in total. The highest BCUT2D eigenvalue weighted by Crippen LogP contribution is 2.41. The number of halogens is 2. The number of ether oxygens (including phenoxy) is 5. The summed E-state index contributed by atoms with van der Waals surface area (Å²) < 4.78 is 56.5. The minimum absolute atomic E-state index is 0.00323. The van der Waals surface area contributed by atoms with Crippen LogP contribution in [0.25, 0.3) is 11.3 Å². The van der Waals surface area contributed by atoms with Gasteiger partial charge in [0.15, 0.2) is 28.8 Å². The van der Waals surface area contributed by atoms with Gasteiger partial charge in [0.1, 0.15) is 125 Å². The molecule has 11 heterocycles. The lowest BCUT2D eigenvalue weighted by Crippen LogP contribution is -2.23. The molecule has 0 radical (unpaired) electrons. The second-order valence-corrected chi connectivity index (χ2v) is 32.2. The lowest BCUT2D eigenvalue weighted by Gasteiger charge is -2.12. The third-order valence-electron chi connectivity index (χ3n) is 21.7. The largest absolute Gasteiger partial charge is 0.456 e. The molecule has 0 saturated heterocycles. The molecule has 0 unspecified atom stereocenters. The Bertz CT molecular complexity index is 7790. The van der Waals surface area contributed by atoms with Crippen molar-refractivity contribution in [3.05, 3.63) is 410 Å². The number of Topliss-reactive ketones (excluding diaryl/α,β-unsaturated/α-hetero) is 1. The van der Waals surface area contributed by atoms with E-state index in [-0.39, 0.29) is 187 Å². The summed E-state index contributed by atoms with van der Waals surface area (Å²) >= 11 is 9.10. The average Bonchev–Trinajstić information content (AvgIpc) is 1.60. The van der Waals surface area contributed by atoms with Gasteiger partial charge in [0.2, 0.25) is 57.8 Å². The Kier molecular flexibility index (Phi) is 25.2. The molecule has 0 N–H and O–H groups in total. The van der Waals surface area contributed by atoms with Crippen molar-refractivity contribution < 1.29 is 122 Å². The standard InChI is InChI=1S/C25H18N4O6.C20H13NO5.C19H10BrNO5.C19H10ClNO5.C19H11NO5/c1-13(30)8-10-29-12-18(27-28-29)15-5-3-6-16(11-15)35-25(33)19-14(2)34-24-20(19)23(32)21-17(22(24)31)7-4-9-26-21;1-10-5-3-6-12(9-10)26-20(24)14-11(2)25-19-15(14)18(23)16-13(17(19)22)7-4-8-21-16;2*1-9-13(19(24)26-11-6-4-10(20)5-7-11)14-17(23)15-12(3-2-8-21-15)16(22)18(14)25-9;1-10-13(19(23)25-11-6-3-2-4-7-11)14-17(22)15-12(8-5-9-20-15)16(21)18(14)24-10/h3-7,9,11-12H,8,10H2,1-2H3;3-9H,1-2H3;2*2-8H,1H3;2-9H,1H3. The Labute approximate surface area is 790 Å². The van der Waals surface area contributed by atoms with E-state index in [1.165, 1.54) is 115 Å². The van der Waals surface area contributed by atoms with Crippen molar-refractivity contribution in [2.75, 3.05) is 0 Å². The number of esters is 5. The number of aryl methyl sites for hydroxylation is 7. The fraction of sp³-hybridized carbons (Fsp3) is 0.0882. The van der Waals surface area contributed by atoms with Crippen LogP contribution >= 0.6 is 27.5 Å². The molecule has 5 aliphatic carbocycles. The third kappa shape index (κ3) is 17.6. The number of carbonyl (C=O) groups is 16. The van der Waals surface area contributed by atoms with Crippen molar-refractivity contribution >= 4 is 121 Å². The van der Waals surface area contributed by atoms with Crippen molar-refractivity contribution in [3.8, 4) is 40.0 Å². The van der Waals surface area contributed by atoms with Gasteiger partial charge in [-0.15, -0.1) is 5.10 Å². The smallest absolute Gasteiger partial charge is 0.347 e. The van der Waals surface area contributed by atoms with E-state index >= 15 is 0 Å². The van der Waals surface area contributed by atoms with E-state index in [1.807, 2.05) is 13.0 Å². The van der Waals surface area contributed by atoms with Crippen LogP contribution in [0, 0.1) is 41.5 Å². The number of hydrogen-bond acceptors (Lipinski definition) is 33. The first kappa shape index (κ1) is 91.8. The van der Waals surface area contributed by atoms with Crippen molar-refractivity contribution in [3.63, 3.8) is 0 Å². The zero-order valence-electron chi connectivity index (χ0n) is 72.7. The molecular formula is C102H62BrClN8O26. The van der Waals surface area contributed by atoms with Gasteiger partial charge in [-0.1, -0.05) is 75.2 Å². The highest BCUT2D eigenvalue weighted by Gasteiger charge is 2.46.